The Bertz CT molecular complexity index is 636. The van der Waals surface area contributed by atoms with Gasteiger partial charge < -0.3 is 11.1 Å². The number of hydrogen-bond donors (Lipinski definition) is 2. The van der Waals surface area contributed by atoms with Gasteiger partial charge in [-0.1, -0.05) is 11.8 Å². The van der Waals surface area contributed by atoms with Crippen LogP contribution in [0, 0.1) is 11.8 Å². The van der Waals surface area contributed by atoms with Crippen molar-refractivity contribution in [1.82, 2.24) is 5.32 Å². The zero-order valence-corrected chi connectivity index (χ0v) is 12.7. The summed E-state index contributed by atoms with van der Waals surface area (Å²) in [7, 11) is 0. The summed E-state index contributed by atoms with van der Waals surface area (Å²) in [6.45, 7) is 2.35. The van der Waals surface area contributed by atoms with Gasteiger partial charge in [0.2, 0.25) is 0 Å². The van der Waals surface area contributed by atoms with Crippen LogP contribution in [0.5, 0.6) is 0 Å². The van der Waals surface area contributed by atoms with Crippen molar-refractivity contribution in [2.24, 2.45) is 5.73 Å². The van der Waals surface area contributed by atoms with Crippen molar-refractivity contribution in [3.8, 4) is 11.8 Å². The minimum Gasteiger partial charge on any atom is -0.349 e. The highest BCUT2D eigenvalue weighted by Crippen LogP contribution is 2.09. The molecule has 0 aliphatic rings. The zero-order chi connectivity index (χ0) is 15.1. The van der Waals surface area contributed by atoms with Crippen molar-refractivity contribution >= 4 is 17.2 Å². The highest BCUT2D eigenvalue weighted by molar-refractivity contribution is 7.07. The van der Waals surface area contributed by atoms with Crippen molar-refractivity contribution in [3.05, 3.63) is 57.8 Å². The van der Waals surface area contributed by atoms with Gasteiger partial charge in [0.15, 0.2) is 0 Å². The van der Waals surface area contributed by atoms with Crippen LogP contribution in [0.3, 0.4) is 0 Å². The fraction of sp³-hybridized carbons (Fsp3) is 0.235. The lowest BCUT2D eigenvalue weighted by molar-refractivity contribution is 0.0940. The van der Waals surface area contributed by atoms with Crippen LogP contribution in [0.25, 0.3) is 0 Å². The predicted molar refractivity (Wildman–Crippen MR) is 87.3 cm³/mol. The molecule has 4 heteroatoms. The third kappa shape index (κ3) is 4.75. The lowest BCUT2D eigenvalue weighted by atomic mass is 10.1. The summed E-state index contributed by atoms with van der Waals surface area (Å²) < 4.78 is 0. The monoisotopic (exact) mass is 298 g/mol. The van der Waals surface area contributed by atoms with E-state index in [0.717, 1.165) is 12.0 Å². The van der Waals surface area contributed by atoms with E-state index in [4.69, 9.17) is 5.73 Å². The minimum atomic E-state index is -0.0592. The third-order valence-corrected chi connectivity index (χ3v) is 3.71. The molecule has 1 aromatic carbocycles. The van der Waals surface area contributed by atoms with Gasteiger partial charge in [0.1, 0.15) is 0 Å². The van der Waals surface area contributed by atoms with Gasteiger partial charge >= 0.3 is 0 Å². The lowest BCUT2D eigenvalue weighted by Crippen LogP contribution is -2.33. The molecule has 3 N–H and O–H groups in total. The Balaban J connectivity index is 1.93. The van der Waals surface area contributed by atoms with Gasteiger partial charge in [-0.2, -0.15) is 11.3 Å². The molecule has 3 nitrogen and oxygen atoms in total. The third-order valence-electron chi connectivity index (χ3n) is 2.98. The number of benzene rings is 1. The van der Waals surface area contributed by atoms with Gasteiger partial charge in [-0.25, -0.2) is 0 Å². The number of carbonyl (C=O) groups excluding carboxylic acids is 1. The van der Waals surface area contributed by atoms with Gasteiger partial charge in [-0.15, -0.1) is 0 Å². The first-order valence-electron chi connectivity index (χ1n) is 6.80. The van der Waals surface area contributed by atoms with Gasteiger partial charge in [0.25, 0.3) is 5.91 Å². The van der Waals surface area contributed by atoms with Crippen LogP contribution >= 0.6 is 11.3 Å². The number of thiophene rings is 1. The summed E-state index contributed by atoms with van der Waals surface area (Å²) >= 11 is 1.67. The Labute approximate surface area is 129 Å². The summed E-state index contributed by atoms with van der Waals surface area (Å²) in [5.41, 5.74) is 8.09. The zero-order valence-electron chi connectivity index (χ0n) is 11.9. The molecule has 21 heavy (non-hydrogen) atoms. The van der Waals surface area contributed by atoms with Gasteiger partial charge in [-0.05, 0) is 60.0 Å². The average Bonchev–Trinajstić information content (AvgIpc) is 2.98. The maximum absolute atomic E-state index is 12.1. The minimum absolute atomic E-state index is 0.0592. The first-order chi connectivity index (χ1) is 10.2. The van der Waals surface area contributed by atoms with E-state index in [9.17, 15) is 4.79 Å². The smallest absolute Gasteiger partial charge is 0.251 e. The second-order valence-corrected chi connectivity index (χ2v) is 5.57. The largest absolute Gasteiger partial charge is 0.349 e. The number of nitrogens with one attached hydrogen (secondary N) is 1. The number of rotatable bonds is 4. The Hall–Kier alpha value is -2.09. The lowest BCUT2D eigenvalue weighted by Gasteiger charge is -2.13. The van der Waals surface area contributed by atoms with E-state index in [1.54, 1.807) is 23.5 Å². The summed E-state index contributed by atoms with van der Waals surface area (Å²) in [5, 5.41) is 7.16. The van der Waals surface area contributed by atoms with Crippen LogP contribution in [0.2, 0.25) is 0 Å². The predicted octanol–water partition coefficient (Wildman–Crippen LogP) is 2.42. The molecule has 0 fully saturated rings. The molecule has 1 unspecified atom stereocenters. The number of amides is 1. The van der Waals surface area contributed by atoms with Crippen molar-refractivity contribution in [1.29, 1.82) is 0 Å². The molecule has 0 bridgehead atoms. The van der Waals surface area contributed by atoms with Crippen LogP contribution < -0.4 is 11.1 Å². The van der Waals surface area contributed by atoms with Crippen molar-refractivity contribution in [3.63, 3.8) is 0 Å². The average molecular weight is 298 g/mol. The normalized spacial score (nSPS) is 11.3. The standard InChI is InChI=1S/C17H18N2OS/c1-13(11-15-8-10-21-12-15)19-17(20)16-6-4-14(5-7-16)3-2-9-18/h4-8,10,12-13H,9,11,18H2,1H3,(H,19,20). The fourth-order valence-corrected chi connectivity index (χ4v) is 2.66. The Morgan fingerprint density at radius 3 is 2.71 bits per heavy atom. The molecule has 0 saturated carbocycles. The van der Waals surface area contributed by atoms with E-state index in [2.05, 4.69) is 28.6 Å². The molecule has 0 aliphatic carbocycles. The summed E-state index contributed by atoms with van der Waals surface area (Å²) in [5.74, 6) is 5.66. The van der Waals surface area contributed by atoms with Crippen LogP contribution in [-0.2, 0) is 6.42 Å². The Kier molecular flexibility index (Phi) is 5.56. The maximum Gasteiger partial charge on any atom is 0.251 e. The first kappa shape index (κ1) is 15.3. The molecule has 0 spiro atoms. The van der Waals surface area contributed by atoms with Crippen LogP contribution in [0.15, 0.2) is 41.1 Å². The Morgan fingerprint density at radius 2 is 2.10 bits per heavy atom. The van der Waals surface area contributed by atoms with E-state index >= 15 is 0 Å². The second kappa shape index (κ2) is 7.63. The Morgan fingerprint density at radius 1 is 1.33 bits per heavy atom. The SMILES string of the molecule is CC(Cc1ccsc1)NC(=O)c1ccc(C#CCN)cc1. The van der Waals surface area contributed by atoms with E-state index < -0.39 is 0 Å². The van der Waals surface area contributed by atoms with E-state index in [-0.39, 0.29) is 11.9 Å². The van der Waals surface area contributed by atoms with E-state index in [0.29, 0.717) is 12.1 Å². The molecule has 2 rings (SSSR count). The molecule has 0 radical (unpaired) electrons. The van der Waals surface area contributed by atoms with E-state index in [1.807, 2.05) is 24.4 Å². The quantitative estimate of drug-likeness (QED) is 0.852. The van der Waals surface area contributed by atoms with Crippen molar-refractivity contribution in [2.75, 3.05) is 6.54 Å². The summed E-state index contributed by atoms with van der Waals surface area (Å²) in [6, 6.07) is 9.42. The highest BCUT2D eigenvalue weighted by Gasteiger charge is 2.10. The summed E-state index contributed by atoms with van der Waals surface area (Å²) in [6.07, 6.45) is 0.843. The molecule has 1 amide bonds. The van der Waals surface area contributed by atoms with Crippen LogP contribution in [0.1, 0.15) is 28.4 Å². The molecule has 108 valence electrons. The van der Waals surface area contributed by atoms with Gasteiger partial charge in [0, 0.05) is 17.2 Å². The number of hydrogen-bond acceptors (Lipinski definition) is 3. The van der Waals surface area contributed by atoms with Crippen LogP contribution in [-0.4, -0.2) is 18.5 Å². The first-order valence-corrected chi connectivity index (χ1v) is 7.74. The topological polar surface area (TPSA) is 55.1 Å². The number of carbonyl (C=O) groups is 1. The molecular weight excluding hydrogens is 280 g/mol. The molecule has 1 heterocycles. The summed E-state index contributed by atoms with van der Waals surface area (Å²) in [4.78, 5) is 12.1. The van der Waals surface area contributed by atoms with E-state index in [1.165, 1.54) is 5.56 Å². The van der Waals surface area contributed by atoms with Crippen molar-refractivity contribution in [2.45, 2.75) is 19.4 Å². The molecule has 1 aromatic heterocycles. The molecule has 2 aromatic rings. The molecule has 1 atom stereocenters. The molecule has 0 aliphatic heterocycles. The second-order valence-electron chi connectivity index (χ2n) is 4.79. The molecular formula is C17H18N2OS. The maximum atomic E-state index is 12.1. The van der Waals surface area contributed by atoms with Gasteiger partial charge in [-0.3, -0.25) is 4.79 Å². The van der Waals surface area contributed by atoms with Crippen molar-refractivity contribution < 1.29 is 4.79 Å². The van der Waals surface area contributed by atoms with Gasteiger partial charge in [0.05, 0.1) is 6.54 Å². The highest BCUT2D eigenvalue weighted by atomic mass is 32.1. The fourth-order valence-electron chi connectivity index (χ4n) is 1.98. The number of nitrogens with two attached hydrogens (primary N) is 1. The van der Waals surface area contributed by atoms with Crippen LogP contribution in [0.4, 0.5) is 0 Å². The molecule has 0 saturated heterocycles.